The Bertz CT molecular complexity index is 649. The number of phenolic OH excluding ortho intramolecular Hbond substituents is 2. The first-order valence-corrected chi connectivity index (χ1v) is 7.84. The van der Waals surface area contributed by atoms with E-state index in [-0.39, 0.29) is 17.1 Å². The predicted molar refractivity (Wildman–Crippen MR) is 88.7 cm³/mol. The van der Waals surface area contributed by atoms with Crippen molar-refractivity contribution in [1.82, 2.24) is 0 Å². The van der Waals surface area contributed by atoms with Crippen LogP contribution in [0.15, 0.2) is 30.4 Å². The molecule has 0 spiro atoms. The van der Waals surface area contributed by atoms with Gasteiger partial charge in [0.2, 0.25) is 0 Å². The summed E-state index contributed by atoms with van der Waals surface area (Å²) in [6.07, 6.45) is 5.18. The molecule has 0 bridgehead atoms. The summed E-state index contributed by atoms with van der Waals surface area (Å²) in [5.41, 5.74) is 0.310. The number of carbonyl (C=O) groups is 1. The number of ether oxygens (including phenoxy) is 1. The van der Waals surface area contributed by atoms with Crippen molar-refractivity contribution in [2.75, 3.05) is 0 Å². The van der Waals surface area contributed by atoms with Crippen molar-refractivity contribution in [3.63, 3.8) is 0 Å². The molecule has 1 aromatic rings. The summed E-state index contributed by atoms with van der Waals surface area (Å²) in [5.74, 6) is -1.22. The van der Waals surface area contributed by atoms with Gasteiger partial charge in [0.25, 0.3) is 0 Å². The fourth-order valence-corrected chi connectivity index (χ4v) is 2.46. The zero-order chi connectivity index (χ0) is 17.7. The molecule has 130 valence electrons. The molecule has 1 heterocycles. The Kier molecular flexibility index (Phi) is 6.00. The highest BCUT2D eigenvalue weighted by atomic mass is 16.5. The molecule has 0 saturated carbocycles. The van der Waals surface area contributed by atoms with Crippen molar-refractivity contribution in [1.29, 1.82) is 0 Å². The van der Waals surface area contributed by atoms with Crippen LogP contribution in [-0.2, 0) is 4.74 Å². The van der Waals surface area contributed by atoms with Gasteiger partial charge in [-0.15, -0.1) is 0 Å². The molecule has 6 nitrogen and oxygen atoms in total. The Morgan fingerprint density at radius 3 is 2.67 bits per heavy atom. The first kappa shape index (κ1) is 18.0. The van der Waals surface area contributed by atoms with Crippen molar-refractivity contribution in [2.45, 2.75) is 44.5 Å². The molecule has 0 amide bonds. The molecule has 4 N–H and O–H groups in total. The van der Waals surface area contributed by atoms with Crippen molar-refractivity contribution < 1.29 is 30.0 Å². The third-order valence-corrected chi connectivity index (χ3v) is 3.77. The second kappa shape index (κ2) is 7.99. The minimum Gasteiger partial charge on any atom is -0.508 e. The number of cyclic esters (lactones) is 1. The van der Waals surface area contributed by atoms with Crippen LogP contribution in [0.25, 0.3) is 6.08 Å². The van der Waals surface area contributed by atoms with Crippen LogP contribution in [0.2, 0.25) is 0 Å². The lowest BCUT2D eigenvalue weighted by Gasteiger charge is -2.16. The van der Waals surface area contributed by atoms with Gasteiger partial charge in [-0.05, 0) is 31.4 Å². The predicted octanol–water partition coefficient (Wildman–Crippen LogP) is 2.12. The molecule has 1 aromatic carbocycles. The smallest absolute Gasteiger partial charge is 0.342 e. The van der Waals surface area contributed by atoms with Crippen LogP contribution in [0.3, 0.4) is 0 Å². The maximum absolute atomic E-state index is 12.3. The monoisotopic (exact) mass is 334 g/mol. The summed E-state index contributed by atoms with van der Waals surface area (Å²) >= 11 is 0. The summed E-state index contributed by atoms with van der Waals surface area (Å²) in [7, 11) is 0. The SMILES string of the molecule is C[C@@H]1C/C=C/[C@@H](O)[C@@H](O)CC/C=C/c2cc(O)cc(O)c2C(=O)O1. The van der Waals surface area contributed by atoms with E-state index in [4.69, 9.17) is 4.74 Å². The molecule has 0 aliphatic carbocycles. The number of hydrogen-bond acceptors (Lipinski definition) is 6. The van der Waals surface area contributed by atoms with Gasteiger partial charge in [0, 0.05) is 12.5 Å². The molecule has 24 heavy (non-hydrogen) atoms. The van der Waals surface area contributed by atoms with E-state index in [0.29, 0.717) is 24.8 Å². The highest BCUT2D eigenvalue weighted by molar-refractivity contribution is 5.97. The first-order chi connectivity index (χ1) is 11.4. The average Bonchev–Trinajstić information content (AvgIpc) is 2.49. The van der Waals surface area contributed by atoms with E-state index >= 15 is 0 Å². The number of aliphatic hydroxyl groups excluding tert-OH is 2. The number of esters is 1. The number of phenols is 2. The standard InChI is InChI=1S/C18H22O6/c1-11-5-4-8-15(21)14(20)7-3-2-6-12-9-13(19)10-16(22)17(12)18(23)24-11/h2,4,6,8-11,14-15,19-22H,3,5,7H2,1H3/b6-2+,8-4+/t11-,14+,15-/m1/s1. The molecule has 0 radical (unpaired) electrons. The highest BCUT2D eigenvalue weighted by Crippen LogP contribution is 2.29. The molecular formula is C18H22O6. The molecule has 3 atom stereocenters. The van der Waals surface area contributed by atoms with E-state index in [0.717, 1.165) is 6.07 Å². The van der Waals surface area contributed by atoms with E-state index in [2.05, 4.69) is 0 Å². The number of aliphatic hydroxyl groups is 2. The molecule has 0 unspecified atom stereocenters. The summed E-state index contributed by atoms with van der Waals surface area (Å²) in [6.45, 7) is 1.68. The molecular weight excluding hydrogens is 312 g/mol. The Morgan fingerprint density at radius 1 is 1.17 bits per heavy atom. The van der Waals surface area contributed by atoms with Crippen LogP contribution in [0.1, 0.15) is 42.1 Å². The number of benzene rings is 1. The van der Waals surface area contributed by atoms with Gasteiger partial charge >= 0.3 is 5.97 Å². The van der Waals surface area contributed by atoms with Crippen LogP contribution in [-0.4, -0.2) is 44.7 Å². The van der Waals surface area contributed by atoms with Gasteiger partial charge in [-0.1, -0.05) is 24.3 Å². The summed E-state index contributed by atoms with van der Waals surface area (Å²) < 4.78 is 5.29. The van der Waals surface area contributed by atoms with Crippen LogP contribution in [0.5, 0.6) is 11.5 Å². The molecule has 1 aliphatic rings. The van der Waals surface area contributed by atoms with E-state index in [1.807, 2.05) is 0 Å². The molecule has 1 aliphatic heterocycles. The Hall–Kier alpha value is -2.31. The van der Waals surface area contributed by atoms with Gasteiger partial charge in [0.1, 0.15) is 23.2 Å². The zero-order valence-electron chi connectivity index (χ0n) is 13.4. The molecule has 2 rings (SSSR count). The number of hydrogen-bond donors (Lipinski definition) is 4. The van der Waals surface area contributed by atoms with Crippen LogP contribution >= 0.6 is 0 Å². The topological polar surface area (TPSA) is 107 Å². The second-order valence-electron chi connectivity index (χ2n) is 5.85. The summed E-state index contributed by atoms with van der Waals surface area (Å²) in [4.78, 5) is 12.3. The number of aromatic hydroxyl groups is 2. The van der Waals surface area contributed by atoms with Crippen LogP contribution in [0, 0.1) is 0 Å². The van der Waals surface area contributed by atoms with Gasteiger partial charge in [-0.25, -0.2) is 4.79 Å². The normalized spacial score (nSPS) is 28.3. The molecule has 6 heteroatoms. The number of allylic oxidation sites excluding steroid dienone is 1. The van der Waals surface area contributed by atoms with Gasteiger partial charge in [-0.3, -0.25) is 0 Å². The fourth-order valence-electron chi connectivity index (χ4n) is 2.46. The van der Waals surface area contributed by atoms with Gasteiger partial charge in [0.05, 0.1) is 12.2 Å². The number of rotatable bonds is 0. The van der Waals surface area contributed by atoms with Gasteiger partial charge < -0.3 is 25.2 Å². The lowest BCUT2D eigenvalue weighted by atomic mass is 10.0. The van der Waals surface area contributed by atoms with E-state index < -0.39 is 24.3 Å². The molecule has 0 fully saturated rings. The molecule has 0 aromatic heterocycles. The minimum absolute atomic E-state index is 0.0162. The Labute approximate surface area is 140 Å². The largest absolute Gasteiger partial charge is 0.508 e. The van der Waals surface area contributed by atoms with Crippen molar-refractivity contribution >= 4 is 12.0 Å². The van der Waals surface area contributed by atoms with E-state index in [1.165, 1.54) is 12.1 Å². The lowest BCUT2D eigenvalue weighted by molar-refractivity contribution is 0.0337. The maximum Gasteiger partial charge on any atom is 0.342 e. The maximum atomic E-state index is 12.3. The first-order valence-electron chi connectivity index (χ1n) is 7.84. The Balaban J connectivity index is 2.36. The lowest BCUT2D eigenvalue weighted by Crippen LogP contribution is -2.23. The highest BCUT2D eigenvalue weighted by Gasteiger charge is 2.20. The second-order valence-corrected chi connectivity index (χ2v) is 5.85. The van der Waals surface area contributed by atoms with Crippen LogP contribution in [0.4, 0.5) is 0 Å². The number of fused-ring (bicyclic) bond motifs is 1. The quantitative estimate of drug-likeness (QED) is 0.428. The van der Waals surface area contributed by atoms with Gasteiger partial charge in [-0.2, -0.15) is 0 Å². The Morgan fingerprint density at radius 2 is 1.92 bits per heavy atom. The third kappa shape index (κ3) is 4.59. The summed E-state index contributed by atoms with van der Waals surface area (Å²) in [5, 5.41) is 39.3. The van der Waals surface area contributed by atoms with E-state index in [1.54, 1.807) is 25.2 Å². The third-order valence-electron chi connectivity index (χ3n) is 3.77. The van der Waals surface area contributed by atoms with Crippen molar-refractivity contribution in [3.05, 3.63) is 41.5 Å². The van der Waals surface area contributed by atoms with Crippen molar-refractivity contribution in [2.24, 2.45) is 0 Å². The average molecular weight is 334 g/mol. The van der Waals surface area contributed by atoms with E-state index in [9.17, 15) is 25.2 Å². The fraction of sp³-hybridized carbons (Fsp3) is 0.389. The van der Waals surface area contributed by atoms with Gasteiger partial charge in [0.15, 0.2) is 0 Å². The minimum atomic E-state index is -0.982. The van der Waals surface area contributed by atoms with Crippen molar-refractivity contribution in [3.8, 4) is 11.5 Å². The zero-order valence-corrected chi connectivity index (χ0v) is 13.4. The van der Waals surface area contributed by atoms with Crippen LogP contribution < -0.4 is 0 Å². The number of carbonyl (C=O) groups excluding carboxylic acids is 1. The summed E-state index contributed by atoms with van der Waals surface area (Å²) in [6, 6.07) is 2.44. The molecule has 0 saturated heterocycles.